The van der Waals surface area contributed by atoms with Gasteiger partial charge in [-0.2, -0.15) is 0 Å². The molecule has 3 unspecified atom stereocenters. The average molecular weight is 279 g/mol. The minimum absolute atomic E-state index is 0.0533. The maximum Gasteiger partial charge on any atom is 0.344 e. The van der Waals surface area contributed by atoms with Gasteiger partial charge >= 0.3 is 13.6 Å². The van der Waals surface area contributed by atoms with Crippen molar-refractivity contribution in [1.82, 2.24) is 0 Å². The van der Waals surface area contributed by atoms with Crippen molar-refractivity contribution in [3.8, 4) is 0 Å². The molecule has 4 N–H and O–H groups in total. The van der Waals surface area contributed by atoms with E-state index in [1.54, 1.807) is 0 Å². The predicted molar refractivity (Wildman–Crippen MR) is 66.9 cm³/mol. The number of carboxylic acids is 1. The summed E-state index contributed by atoms with van der Waals surface area (Å²) in [4.78, 5) is 19.9. The van der Waals surface area contributed by atoms with E-state index in [1.807, 2.05) is 0 Å². The third-order valence-electron chi connectivity index (χ3n) is 3.74. The second kappa shape index (κ2) is 7.24. The first kappa shape index (κ1) is 15.6. The third-order valence-corrected chi connectivity index (χ3v) is 4.90. The highest BCUT2D eigenvalue weighted by atomic mass is 31.2. The van der Waals surface area contributed by atoms with Crippen LogP contribution in [-0.4, -0.2) is 22.1 Å². The maximum absolute atomic E-state index is 11.3. The van der Waals surface area contributed by atoms with Crippen LogP contribution in [0.2, 0.25) is 0 Å². The summed E-state index contributed by atoms with van der Waals surface area (Å²) in [6.07, 6.45) is 5.68. The van der Waals surface area contributed by atoms with Crippen LogP contribution in [-0.2, 0) is 14.0 Å². The Morgan fingerprint density at radius 2 is 1.83 bits per heavy atom. The standard InChI is InChI=1S/C11H22NO5P/c12-17-18(15,16)8-7-10-4-2-1-3-9(10)5-6-11(13)14/h9-10H,1-8,12H2,(H,13,14)(H,15,16). The highest BCUT2D eigenvalue weighted by Gasteiger charge is 2.28. The van der Waals surface area contributed by atoms with E-state index in [4.69, 9.17) is 11.0 Å². The highest BCUT2D eigenvalue weighted by Crippen LogP contribution is 2.44. The second-order valence-electron chi connectivity index (χ2n) is 4.99. The molecule has 3 atom stereocenters. The molecule has 0 spiro atoms. The fourth-order valence-corrected chi connectivity index (χ4v) is 3.50. The SMILES string of the molecule is NOP(=O)(O)CCC1CCCCC1CCC(=O)O. The molecule has 0 aromatic carbocycles. The number of rotatable bonds is 7. The van der Waals surface area contributed by atoms with Crippen molar-refractivity contribution in [2.24, 2.45) is 17.7 Å². The first-order valence-electron chi connectivity index (χ1n) is 6.36. The Hall–Kier alpha value is -0.420. The molecule has 0 heterocycles. The normalized spacial score (nSPS) is 27.7. The molecule has 1 fully saturated rings. The number of aliphatic carboxylic acids is 1. The zero-order chi connectivity index (χ0) is 13.6. The number of hydrogen-bond donors (Lipinski definition) is 3. The second-order valence-corrected chi connectivity index (χ2v) is 6.93. The summed E-state index contributed by atoms with van der Waals surface area (Å²) in [6.45, 7) is 0. The summed E-state index contributed by atoms with van der Waals surface area (Å²) in [5.74, 6) is 4.64. The summed E-state index contributed by atoms with van der Waals surface area (Å²) >= 11 is 0. The van der Waals surface area contributed by atoms with E-state index in [0.29, 0.717) is 24.7 Å². The minimum atomic E-state index is -3.64. The molecule has 6 nitrogen and oxygen atoms in total. The molecular formula is C11H22NO5P. The van der Waals surface area contributed by atoms with Crippen molar-refractivity contribution in [2.75, 3.05) is 6.16 Å². The van der Waals surface area contributed by atoms with Gasteiger partial charge in [-0.05, 0) is 24.7 Å². The highest BCUT2D eigenvalue weighted by molar-refractivity contribution is 7.52. The van der Waals surface area contributed by atoms with Gasteiger partial charge in [-0.25, -0.2) is 10.5 Å². The van der Waals surface area contributed by atoms with Crippen molar-refractivity contribution >= 4 is 13.6 Å². The van der Waals surface area contributed by atoms with Gasteiger partial charge in [0.15, 0.2) is 0 Å². The van der Waals surface area contributed by atoms with Crippen LogP contribution < -0.4 is 5.90 Å². The van der Waals surface area contributed by atoms with Crippen LogP contribution in [0.5, 0.6) is 0 Å². The molecule has 0 radical (unpaired) electrons. The van der Waals surface area contributed by atoms with Crippen LogP contribution in [0.3, 0.4) is 0 Å². The van der Waals surface area contributed by atoms with Crippen LogP contribution in [0.15, 0.2) is 0 Å². The lowest BCUT2D eigenvalue weighted by Crippen LogP contribution is -2.22. The Morgan fingerprint density at radius 3 is 2.33 bits per heavy atom. The van der Waals surface area contributed by atoms with Crippen LogP contribution in [0, 0.1) is 11.8 Å². The van der Waals surface area contributed by atoms with Crippen LogP contribution in [0.25, 0.3) is 0 Å². The van der Waals surface area contributed by atoms with E-state index in [2.05, 4.69) is 4.62 Å². The van der Waals surface area contributed by atoms with Gasteiger partial charge in [0, 0.05) is 6.42 Å². The summed E-state index contributed by atoms with van der Waals surface area (Å²) in [5, 5.41) is 8.71. The van der Waals surface area contributed by atoms with Crippen molar-refractivity contribution < 1.29 is 24.0 Å². The fourth-order valence-electron chi connectivity index (χ4n) is 2.74. The van der Waals surface area contributed by atoms with Gasteiger partial charge in [0.25, 0.3) is 0 Å². The van der Waals surface area contributed by atoms with Crippen LogP contribution in [0.4, 0.5) is 0 Å². The molecule has 0 aromatic heterocycles. The Balaban J connectivity index is 2.44. The largest absolute Gasteiger partial charge is 0.481 e. The first-order valence-corrected chi connectivity index (χ1v) is 8.13. The Kier molecular flexibility index (Phi) is 6.29. The van der Waals surface area contributed by atoms with Gasteiger partial charge in [-0.15, -0.1) is 0 Å². The van der Waals surface area contributed by atoms with E-state index in [1.165, 1.54) is 0 Å². The molecule has 18 heavy (non-hydrogen) atoms. The van der Waals surface area contributed by atoms with Gasteiger partial charge in [0.2, 0.25) is 0 Å². The van der Waals surface area contributed by atoms with Gasteiger partial charge < -0.3 is 10.00 Å². The molecule has 0 amide bonds. The first-order chi connectivity index (χ1) is 8.44. The zero-order valence-corrected chi connectivity index (χ0v) is 11.3. The maximum atomic E-state index is 11.3. The fraction of sp³-hybridized carbons (Fsp3) is 0.909. The monoisotopic (exact) mass is 279 g/mol. The topological polar surface area (TPSA) is 110 Å². The van der Waals surface area contributed by atoms with E-state index in [0.717, 1.165) is 25.7 Å². The van der Waals surface area contributed by atoms with Crippen LogP contribution >= 0.6 is 7.60 Å². The van der Waals surface area contributed by atoms with Gasteiger partial charge in [0.05, 0.1) is 6.16 Å². The molecule has 1 aliphatic carbocycles. The van der Waals surface area contributed by atoms with Crippen molar-refractivity contribution in [3.63, 3.8) is 0 Å². The third kappa shape index (κ3) is 5.48. The number of nitrogens with two attached hydrogens (primary N) is 1. The van der Waals surface area contributed by atoms with Gasteiger partial charge in [-0.3, -0.25) is 9.36 Å². The Bertz CT molecular complexity index is 323. The Labute approximate surface area is 107 Å². The number of hydrogen-bond acceptors (Lipinski definition) is 4. The molecule has 1 rings (SSSR count). The summed E-state index contributed by atoms with van der Waals surface area (Å²) < 4.78 is 15.4. The van der Waals surface area contributed by atoms with Gasteiger partial charge in [0.1, 0.15) is 0 Å². The van der Waals surface area contributed by atoms with Crippen molar-refractivity contribution in [3.05, 3.63) is 0 Å². The zero-order valence-electron chi connectivity index (χ0n) is 10.5. The molecule has 0 aromatic rings. The van der Waals surface area contributed by atoms with E-state index in [-0.39, 0.29) is 12.6 Å². The summed E-state index contributed by atoms with van der Waals surface area (Å²) in [5.41, 5.74) is 0. The Morgan fingerprint density at radius 1 is 1.28 bits per heavy atom. The molecule has 1 saturated carbocycles. The van der Waals surface area contributed by atoms with Crippen molar-refractivity contribution in [1.29, 1.82) is 0 Å². The van der Waals surface area contributed by atoms with E-state index >= 15 is 0 Å². The van der Waals surface area contributed by atoms with E-state index < -0.39 is 13.6 Å². The summed E-state index contributed by atoms with van der Waals surface area (Å²) in [7, 11) is -3.64. The molecule has 106 valence electrons. The van der Waals surface area contributed by atoms with Gasteiger partial charge in [-0.1, -0.05) is 25.7 Å². The van der Waals surface area contributed by atoms with Crippen molar-refractivity contribution in [2.45, 2.75) is 44.9 Å². The molecule has 0 saturated heterocycles. The molecule has 0 bridgehead atoms. The number of carboxylic acid groups (broad SMARTS) is 1. The lowest BCUT2D eigenvalue weighted by Gasteiger charge is -2.31. The molecule has 7 heteroatoms. The lowest BCUT2D eigenvalue weighted by atomic mass is 9.76. The quantitative estimate of drug-likeness (QED) is 0.486. The van der Waals surface area contributed by atoms with Crippen LogP contribution in [0.1, 0.15) is 44.9 Å². The minimum Gasteiger partial charge on any atom is -0.481 e. The average Bonchev–Trinajstić information content (AvgIpc) is 2.35. The summed E-state index contributed by atoms with van der Waals surface area (Å²) in [6, 6.07) is 0. The van der Waals surface area contributed by atoms with E-state index in [9.17, 15) is 14.3 Å². The smallest absolute Gasteiger partial charge is 0.344 e. The molecule has 0 aliphatic heterocycles. The number of carbonyl (C=O) groups is 1. The predicted octanol–water partition coefficient (Wildman–Crippen LogP) is 2.12. The molecule has 1 aliphatic rings. The molecular weight excluding hydrogens is 257 g/mol. The lowest BCUT2D eigenvalue weighted by molar-refractivity contribution is -0.137.